The summed E-state index contributed by atoms with van der Waals surface area (Å²) >= 11 is 5.52. The number of halogens is 2. The van der Waals surface area contributed by atoms with Gasteiger partial charge in [0, 0.05) is 18.8 Å². The molecule has 80 valence electrons. The van der Waals surface area contributed by atoms with E-state index >= 15 is 0 Å². The molecule has 1 heterocycles. The first kappa shape index (κ1) is 10.4. The Morgan fingerprint density at radius 1 is 1.53 bits per heavy atom. The molecule has 2 rings (SSSR count). The predicted molar refractivity (Wildman–Crippen MR) is 56.4 cm³/mol. The summed E-state index contributed by atoms with van der Waals surface area (Å²) < 4.78 is 13.0. The van der Waals surface area contributed by atoms with E-state index in [0.29, 0.717) is 18.8 Å². The van der Waals surface area contributed by atoms with Crippen molar-refractivity contribution in [3.8, 4) is 0 Å². The van der Waals surface area contributed by atoms with Gasteiger partial charge in [0.25, 0.3) is 0 Å². The summed E-state index contributed by atoms with van der Waals surface area (Å²) in [6.07, 6.45) is 0. The average molecular weight is 229 g/mol. The van der Waals surface area contributed by atoms with Gasteiger partial charge in [-0.05, 0) is 18.2 Å². The van der Waals surface area contributed by atoms with E-state index in [1.807, 2.05) is 0 Å². The van der Waals surface area contributed by atoms with Crippen LogP contribution in [0.15, 0.2) is 18.2 Å². The second-order valence-corrected chi connectivity index (χ2v) is 3.88. The van der Waals surface area contributed by atoms with E-state index in [-0.39, 0.29) is 16.8 Å². The quantitative estimate of drug-likeness (QED) is 0.808. The average Bonchev–Trinajstić information content (AvgIpc) is 2.08. The number of nitrogens with one attached hydrogen (secondary N) is 2. The summed E-state index contributed by atoms with van der Waals surface area (Å²) in [5.74, 6) is -0.625. The predicted octanol–water partition coefficient (Wildman–Crippen LogP) is 1.64. The highest BCUT2D eigenvalue weighted by atomic mass is 35.5. The number of hydrogen-bond donors (Lipinski definition) is 2. The third-order valence-corrected chi connectivity index (χ3v) is 2.65. The van der Waals surface area contributed by atoms with Crippen molar-refractivity contribution in [1.29, 1.82) is 0 Å². The van der Waals surface area contributed by atoms with Gasteiger partial charge in [-0.25, -0.2) is 4.39 Å². The fourth-order valence-corrected chi connectivity index (χ4v) is 1.41. The van der Waals surface area contributed by atoms with E-state index in [0.717, 1.165) is 0 Å². The molecule has 2 N–H and O–H groups in total. The van der Waals surface area contributed by atoms with E-state index in [2.05, 4.69) is 10.6 Å². The van der Waals surface area contributed by atoms with Gasteiger partial charge in [0.1, 0.15) is 5.82 Å². The smallest absolute Gasteiger partial charge is 0.230 e. The fraction of sp³-hybridized carbons (Fsp3) is 0.300. The van der Waals surface area contributed by atoms with Gasteiger partial charge in [0.05, 0.1) is 10.9 Å². The first-order valence-corrected chi connectivity index (χ1v) is 5.01. The van der Waals surface area contributed by atoms with Crippen molar-refractivity contribution >= 4 is 23.2 Å². The van der Waals surface area contributed by atoms with Gasteiger partial charge in [0.15, 0.2) is 0 Å². The number of hydrogen-bond acceptors (Lipinski definition) is 2. The van der Waals surface area contributed by atoms with E-state index in [1.54, 1.807) is 6.07 Å². The van der Waals surface area contributed by atoms with Gasteiger partial charge in [-0.3, -0.25) is 4.79 Å². The molecule has 3 nitrogen and oxygen atoms in total. The highest BCUT2D eigenvalue weighted by Gasteiger charge is 2.24. The van der Waals surface area contributed by atoms with Crippen molar-refractivity contribution in [3.63, 3.8) is 0 Å². The Morgan fingerprint density at radius 2 is 2.27 bits per heavy atom. The molecule has 1 aliphatic heterocycles. The minimum atomic E-state index is -0.527. The molecular weight excluding hydrogens is 219 g/mol. The molecule has 15 heavy (non-hydrogen) atoms. The van der Waals surface area contributed by atoms with Crippen LogP contribution in [-0.4, -0.2) is 19.0 Å². The first-order chi connectivity index (χ1) is 7.16. The lowest BCUT2D eigenvalue weighted by Gasteiger charge is -2.25. The molecule has 1 fully saturated rings. The van der Waals surface area contributed by atoms with Gasteiger partial charge in [0.2, 0.25) is 5.91 Å². The van der Waals surface area contributed by atoms with Gasteiger partial charge < -0.3 is 10.6 Å². The van der Waals surface area contributed by atoms with E-state index in [1.165, 1.54) is 12.1 Å². The Kier molecular flexibility index (Phi) is 2.88. The van der Waals surface area contributed by atoms with Crippen molar-refractivity contribution in [3.05, 3.63) is 29.0 Å². The zero-order chi connectivity index (χ0) is 10.8. The minimum Gasteiger partial charge on any atom is -0.326 e. The Labute approximate surface area is 91.6 Å². The summed E-state index contributed by atoms with van der Waals surface area (Å²) in [5.41, 5.74) is 0.439. The van der Waals surface area contributed by atoms with Crippen molar-refractivity contribution < 1.29 is 9.18 Å². The molecule has 1 amide bonds. The zero-order valence-corrected chi connectivity index (χ0v) is 8.64. The monoisotopic (exact) mass is 228 g/mol. The molecule has 0 aromatic heterocycles. The normalized spacial score (nSPS) is 15.9. The summed E-state index contributed by atoms with van der Waals surface area (Å²) in [4.78, 5) is 11.5. The number of amides is 1. The molecule has 0 unspecified atom stereocenters. The molecule has 0 radical (unpaired) electrons. The molecule has 1 aromatic rings. The Morgan fingerprint density at radius 3 is 2.80 bits per heavy atom. The van der Waals surface area contributed by atoms with E-state index in [9.17, 15) is 9.18 Å². The number of anilines is 1. The third-order valence-electron chi connectivity index (χ3n) is 2.34. The van der Waals surface area contributed by atoms with E-state index in [4.69, 9.17) is 11.6 Å². The summed E-state index contributed by atoms with van der Waals surface area (Å²) in [5, 5.41) is 5.68. The number of rotatable bonds is 2. The SMILES string of the molecule is O=C(Nc1ccc(Cl)c(F)c1)C1CNC1. The largest absolute Gasteiger partial charge is 0.326 e. The van der Waals surface area contributed by atoms with Crippen molar-refractivity contribution in [2.75, 3.05) is 18.4 Å². The van der Waals surface area contributed by atoms with Crippen LogP contribution in [0.1, 0.15) is 0 Å². The highest BCUT2D eigenvalue weighted by molar-refractivity contribution is 6.30. The van der Waals surface area contributed by atoms with Gasteiger partial charge in [-0.15, -0.1) is 0 Å². The molecular formula is C10H10ClFN2O. The second-order valence-electron chi connectivity index (χ2n) is 3.47. The fourth-order valence-electron chi connectivity index (χ4n) is 1.29. The molecule has 1 aliphatic rings. The molecule has 0 bridgehead atoms. The molecule has 5 heteroatoms. The van der Waals surface area contributed by atoms with Gasteiger partial charge >= 0.3 is 0 Å². The second kappa shape index (κ2) is 4.16. The lowest BCUT2D eigenvalue weighted by Crippen LogP contribution is -2.48. The summed E-state index contributed by atoms with van der Waals surface area (Å²) in [7, 11) is 0. The Hall–Kier alpha value is -1.13. The van der Waals surface area contributed by atoms with E-state index < -0.39 is 5.82 Å². The molecule has 0 spiro atoms. The van der Waals surface area contributed by atoms with Crippen LogP contribution in [0.25, 0.3) is 0 Å². The number of benzene rings is 1. The Balaban J connectivity index is 2.03. The molecule has 0 aliphatic carbocycles. The maximum Gasteiger partial charge on any atom is 0.230 e. The number of carbonyl (C=O) groups excluding carboxylic acids is 1. The van der Waals surface area contributed by atoms with Crippen LogP contribution >= 0.6 is 11.6 Å². The topological polar surface area (TPSA) is 41.1 Å². The van der Waals surface area contributed by atoms with Crippen LogP contribution in [0.2, 0.25) is 5.02 Å². The maximum atomic E-state index is 13.0. The van der Waals surface area contributed by atoms with Crippen LogP contribution < -0.4 is 10.6 Å². The molecule has 1 saturated heterocycles. The summed E-state index contributed by atoms with van der Waals surface area (Å²) in [6, 6.07) is 4.22. The lowest BCUT2D eigenvalue weighted by molar-refractivity contribution is -0.121. The maximum absolute atomic E-state index is 13.0. The van der Waals surface area contributed by atoms with Crippen LogP contribution in [-0.2, 0) is 4.79 Å². The first-order valence-electron chi connectivity index (χ1n) is 4.63. The van der Waals surface area contributed by atoms with Crippen molar-refractivity contribution in [1.82, 2.24) is 5.32 Å². The molecule has 0 atom stereocenters. The van der Waals surface area contributed by atoms with Crippen molar-refractivity contribution in [2.45, 2.75) is 0 Å². The molecule has 0 saturated carbocycles. The van der Waals surface area contributed by atoms with Crippen LogP contribution in [0.5, 0.6) is 0 Å². The number of carbonyl (C=O) groups is 1. The lowest BCUT2D eigenvalue weighted by atomic mass is 10.0. The standard InChI is InChI=1S/C10H10ClFN2O/c11-8-2-1-7(3-9(8)12)14-10(15)6-4-13-5-6/h1-3,6,13H,4-5H2,(H,14,15). The van der Waals surface area contributed by atoms with Crippen LogP contribution in [0.3, 0.4) is 0 Å². The third kappa shape index (κ3) is 2.27. The van der Waals surface area contributed by atoms with Crippen LogP contribution in [0, 0.1) is 11.7 Å². The highest BCUT2D eigenvalue weighted by Crippen LogP contribution is 2.19. The Bertz CT molecular complexity index is 393. The molecule has 1 aromatic carbocycles. The minimum absolute atomic E-state index is 0.0104. The summed E-state index contributed by atoms with van der Waals surface area (Å²) in [6.45, 7) is 1.36. The van der Waals surface area contributed by atoms with Gasteiger partial charge in [-0.1, -0.05) is 11.6 Å². The zero-order valence-electron chi connectivity index (χ0n) is 7.89. The van der Waals surface area contributed by atoms with Crippen molar-refractivity contribution in [2.24, 2.45) is 5.92 Å². The van der Waals surface area contributed by atoms with Crippen LogP contribution in [0.4, 0.5) is 10.1 Å². The van der Waals surface area contributed by atoms with Gasteiger partial charge in [-0.2, -0.15) is 0 Å².